The Bertz CT molecular complexity index is 609. The molecule has 0 rings (SSSR count). The number of rotatable bonds is 9. The summed E-state index contributed by atoms with van der Waals surface area (Å²) in [4.78, 5) is 22.0. The number of esters is 2. The third kappa shape index (κ3) is 7.19. The molecule has 0 aromatic rings. The van der Waals surface area contributed by atoms with Crippen molar-refractivity contribution in [3.63, 3.8) is 0 Å². The van der Waals surface area contributed by atoms with Crippen molar-refractivity contribution in [2.75, 3.05) is 12.4 Å². The molecule has 0 amide bonds. The Labute approximate surface area is 143 Å². The maximum absolute atomic E-state index is 12.9. The highest BCUT2D eigenvalue weighted by Gasteiger charge is 2.75. The monoisotopic (exact) mass is 415 g/mol. The van der Waals surface area contributed by atoms with Crippen molar-refractivity contribution in [3.05, 3.63) is 12.7 Å². The van der Waals surface area contributed by atoms with Gasteiger partial charge >= 0.3 is 29.9 Å². The van der Waals surface area contributed by atoms with Crippen LogP contribution >= 0.6 is 0 Å². The van der Waals surface area contributed by atoms with Gasteiger partial charge in [0.05, 0.1) is 22.5 Å². The van der Waals surface area contributed by atoms with Crippen LogP contribution in [0.1, 0.15) is 19.3 Å². The van der Waals surface area contributed by atoms with E-state index < -0.39 is 52.2 Å². The molecule has 0 unspecified atom stereocenters. The van der Waals surface area contributed by atoms with Crippen LogP contribution in [0.3, 0.4) is 0 Å². The second kappa shape index (κ2) is 8.70. The molecule has 0 bridgehead atoms. The highest BCUT2D eigenvalue weighted by molar-refractivity contribution is 7.85. The van der Waals surface area contributed by atoms with Crippen LogP contribution < -0.4 is 0 Å². The van der Waals surface area contributed by atoms with Gasteiger partial charge in [0.1, 0.15) is 0 Å². The first kappa shape index (κ1) is 24.2. The minimum absolute atomic E-state index is 0.112. The summed E-state index contributed by atoms with van der Waals surface area (Å²) in [6, 6.07) is 0. The molecule has 0 aromatic carbocycles. The van der Waals surface area contributed by atoms with Crippen LogP contribution in [0.2, 0.25) is 0 Å². The molecule has 0 aliphatic rings. The van der Waals surface area contributed by atoms with E-state index in [2.05, 4.69) is 16.1 Å². The fourth-order valence-electron chi connectivity index (χ4n) is 1.57. The first-order valence-corrected chi connectivity index (χ1v) is 8.21. The molecule has 0 saturated carbocycles. The predicted molar refractivity (Wildman–Crippen MR) is 70.5 cm³/mol. The lowest BCUT2D eigenvalue weighted by atomic mass is 10.1. The zero-order valence-electron chi connectivity index (χ0n) is 12.9. The van der Waals surface area contributed by atoms with Crippen molar-refractivity contribution < 1.29 is 58.4 Å². The molecule has 152 valence electrons. The van der Waals surface area contributed by atoms with Gasteiger partial charge in [-0.3, -0.25) is 4.79 Å². The standard InChI is InChI=1S/C12H14F6O7S/c1-2-8(19)24-6-4-3-5-9(20)25-10(11(13,14)15,12(16,17)18)7-26(21,22)23/h2H,1,3-7H2,(H,21,22,23)/p-1. The Kier molecular flexibility index (Phi) is 8.09. The summed E-state index contributed by atoms with van der Waals surface area (Å²) in [7, 11) is -6.07. The van der Waals surface area contributed by atoms with E-state index in [-0.39, 0.29) is 19.4 Å². The largest absolute Gasteiger partial charge is 0.748 e. The minimum Gasteiger partial charge on any atom is -0.748 e. The second-order valence-electron chi connectivity index (χ2n) is 4.83. The number of carbonyl (C=O) groups is 2. The number of hydrogen-bond acceptors (Lipinski definition) is 7. The van der Waals surface area contributed by atoms with Gasteiger partial charge < -0.3 is 14.0 Å². The fraction of sp³-hybridized carbons (Fsp3) is 0.667. The van der Waals surface area contributed by atoms with Crippen molar-refractivity contribution >= 4 is 22.1 Å². The lowest BCUT2D eigenvalue weighted by Crippen LogP contribution is -2.63. The van der Waals surface area contributed by atoms with E-state index in [0.29, 0.717) is 0 Å². The SMILES string of the molecule is C=CC(=O)OCCCCC(=O)OC(CS(=O)(=O)[O-])(C(F)(F)F)C(F)(F)F. The zero-order chi connectivity index (χ0) is 20.8. The Morgan fingerprint density at radius 1 is 1.04 bits per heavy atom. The second-order valence-corrected chi connectivity index (χ2v) is 6.23. The Morgan fingerprint density at radius 3 is 1.92 bits per heavy atom. The quantitative estimate of drug-likeness (QED) is 0.186. The number of unbranched alkanes of at least 4 members (excludes halogenated alkanes) is 1. The summed E-state index contributed by atoms with van der Waals surface area (Å²) < 4.78 is 117. The van der Waals surface area contributed by atoms with E-state index in [1.54, 1.807) is 0 Å². The maximum Gasteiger partial charge on any atom is 0.438 e. The molecule has 0 spiro atoms. The summed E-state index contributed by atoms with van der Waals surface area (Å²) in [5.41, 5.74) is -5.48. The first-order valence-electron chi connectivity index (χ1n) is 6.64. The number of hydrogen-bond donors (Lipinski definition) is 0. The van der Waals surface area contributed by atoms with Crippen molar-refractivity contribution in [1.29, 1.82) is 0 Å². The van der Waals surface area contributed by atoms with Crippen LogP contribution in [0.15, 0.2) is 12.7 Å². The third-order valence-corrected chi connectivity index (χ3v) is 3.53. The van der Waals surface area contributed by atoms with Gasteiger partial charge in [-0.2, -0.15) is 26.3 Å². The third-order valence-electron chi connectivity index (χ3n) is 2.77. The average molecular weight is 415 g/mol. The Hall–Kier alpha value is -1.83. The normalized spacial score (nSPS) is 13.2. The van der Waals surface area contributed by atoms with Crippen LogP contribution in [-0.4, -0.2) is 55.2 Å². The van der Waals surface area contributed by atoms with Crippen LogP contribution in [0.25, 0.3) is 0 Å². The first-order chi connectivity index (χ1) is 11.6. The van der Waals surface area contributed by atoms with Gasteiger partial charge in [0.2, 0.25) is 0 Å². The number of carbonyl (C=O) groups excluding carboxylic acids is 2. The number of ether oxygens (including phenoxy) is 2. The molecule has 0 N–H and O–H groups in total. The topological polar surface area (TPSA) is 110 Å². The highest BCUT2D eigenvalue weighted by atomic mass is 32.2. The summed E-state index contributed by atoms with van der Waals surface area (Å²) in [6.07, 6.45) is -13.4. The van der Waals surface area contributed by atoms with E-state index >= 15 is 0 Å². The molecule has 14 heteroatoms. The van der Waals surface area contributed by atoms with Crippen molar-refractivity contribution in [1.82, 2.24) is 0 Å². The molecule has 0 fully saturated rings. The van der Waals surface area contributed by atoms with Gasteiger partial charge in [-0.1, -0.05) is 6.58 Å². The zero-order valence-corrected chi connectivity index (χ0v) is 13.7. The molecule has 0 aromatic heterocycles. The fourth-order valence-corrected chi connectivity index (χ4v) is 2.45. The predicted octanol–water partition coefficient (Wildman–Crippen LogP) is 1.84. The summed E-state index contributed by atoms with van der Waals surface area (Å²) in [5, 5.41) is 0. The van der Waals surface area contributed by atoms with Gasteiger partial charge in [0.25, 0.3) is 0 Å². The van der Waals surface area contributed by atoms with Crippen LogP contribution in [0.4, 0.5) is 26.3 Å². The lowest BCUT2D eigenvalue weighted by molar-refractivity contribution is -0.361. The highest BCUT2D eigenvalue weighted by Crippen LogP contribution is 2.47. The summed E-state index contributed by atoms with van der Waals surface area (Å²) >= 11 is 0. The Morgan fingerprint density at radius 2 is 1.54 bits per heavy atom. The van der Waals surface area contributed by atoms with E-state index in [9.17, 15) is 48.9 Å². The van der Waals surface area contributed by atoms with Gasteiger partial charge in [-0.25, -0.2) is 13.2 Å². The van der Waals surface area contributed by atoms with Gasteiger partial charge in [-0.15, -0.1) is 0 Å². The molecule has 0 saturated heterocycles. The van der Waals surface area contributed by atoms with E-state index in [0.717, 1.165) is 6.08 Å². The van der Waals surface area contributed by atoms with Gasteiger partial charge in [0, 0.05) is 12.5 Å². The van der Waals surface area contributed by atoms with Crippen molar-refractivity contribution in [2.24, 2.45) is 0 Å². The molecule has 0 heterocycles. The van der Waals surface area contributed by atoms with Crippen LogP contribution in [0, 0.1) is 0 Å². The maximum atomic E-state index is 12.9. The molecule has 0 atom stereocenters. The smallest absolute Gasteiger partial charge is 0.438 e. The minimum atomic E-state index is -6.40. The van der Waals surface area contributed by atoms with Gasteiger partial charge in [0.15, 0.2) is 0 Å². The Balaban J connectivity index is 5.17. The molecular formula is C12H13F6O7S-. The van der Waals surface area contributed by atoms with Crippen molar-refractivity contribution in [3.8, 4) is 0 Å². The van der Waals surface area contributed by atoms with E-state index in [1.807, 2.05) is 0 Å². The van der Waals surface area contributed by atoms with E-state index in [4.69, 9.17) is 0 Å². The molecular weight excluding hydrogens is 402 g/mol. The molecule has 0 aliphatic carbocycles. The van der Waals surface area contributed by atoms with Crippen LogP contribution in [-0.2, 0) is 29.2 Å². The number of halogens is 6. The van der Waals surface area contributed by atoms with Gasteiger partial charge in [-0.05, 0) is 12.8 Å². The number of alkyl halides is 6. The molecule has 26 heavy (non-hydrogen) atoms. The average Bonchev–Trinajstić information content (AvgIpc) is 2.41. The lowest BCUT2D eigenvalue weighted by Gasteiger charge is -2.36. The van der Waals surface area contributed by atoms with Crippen molar-refractivity contribution in [2.45, 2.75) is 37.2 Å². The van der Waals surface area contributed by atoms with E-state index in [1.165, 1.54) is 0 Å². The summed E-state index contributed by atoms with van der Waals surface area (Å²) in [5.74, 6) is -5.91. The van der Waals surface area contributed by atoms with Crippen LogP contribution in [0.5, 0.6) is 0 Å². The molecule has 0 radical (unpaired) electrons. The summed E-state index contributed by atoms with van der Waals surface area (Å²) in [6.45, 7) is 2.77. The molecule has 0 aliphatic heterocycles. The molecule has 7 nitrogen and oxygen atoms in total.